The van der Waals surface area contributed by atoms with Crippen molar-refractivity contribution >= 4 is 33.9 Å². The number of carbonyl (C=O) groups is 2. The van der Waals surface area contributed by atoms with Crippen LogP contribution in [0.2, 0.25) is 0 Å². The van der Waals surface area contributed by atoms with Crippen LogP contribution in [0.15, 0.2) is 64.8 Å². The van der Waals surface area contributed by atoms with E-state index in [1.54, 1.807) is 6.08 Å². The minimum absolute atomic E-state index is 0.223. The van der Waals surface area contributed by atoms with E-state index in [2.05, 4.69) is 25.8 Å². The first-order valence-corrected chi connectivity index (χ1v) is 11.2. The first kappa shape index (κ1) is 21.9. The molecule has 0 spiro atoms. The van der Waals surface area contributed by atoms with Gasteiger partial charge in [0.1, 0.15) is 11.4 Å². The van der Waals surface area contributed by atoms with E-state index in [-0.39, 0.29) is 18.1 Å². The summed E-state index contributed by atoms with van der Waals surface area (Å²) < 4.78 is 8.59. The molecule has 1 saturated heterocycles. The van der Waals surface area contributed by atoms with Crippen molar-refractivity contribution in [1.82, 2.24) is 14.8 Å². The van der Waals surface area contributed by atoms with Gasteiger partial charge in [-0.15, -0.1) is 0 Å². The molecule has 3 amide bonds. The van der Waals surface area contributed by atoms with Crippen LogP contribution >= 0.6 is 15.9 Å². The van der Waals surface area contributed by atoms with Crippen molar-refractivity contribution < 1.29 is 14.3 Å². The fraction of sp³-hybridized carbons (Fsp3) is 0.200. The van der Waals surface area contributed by atoms with Gasteiger partial charge in [0.15, 0.2) is 0 Å². The maximum absolute atomic E-state index is 12.9. The molecule has 1 aliphatic heterocycles. The number of hydrogen-bond acceptors (Lipinski definition) is 3. The summed E-state index contributed by atoms with van der Waals surface area (Å²) in [5.74, 6) is 0.495. The smallest absolute Gasteiger partial charge is 0.329 e. The third-order valence-electron chi connectivity index (χ3n) is 5.39. The zero-order valence-electron chi connectivity index (χ0n) is 18.2. The van der Waals surface area contributed by atoms with E-state index in [9.17, 15) is 9.59 Å². The number of aryl methyl sites for hydroxylation is 1. The Bertz CT molecular complexity index is 1190. The molecule has 1 fully saturated rings. The van der Waals surface area contributed by atoms with Crippen molar-refractivity contribution in [3.05, 3.63) is 87.3 Å². The van der Waals surface area contributed by atoms with Gasteiger partial charge in [0, 0.05) is 21.5 Å². The van der Waals surface area contributed by atoms with Crippen LogP contribution in [0, 0.1) is 13.8 Å². The quantitative estimate of drug-likeness (QED) is 0.371. The van der Waals surface area contributed by atoms with E-state index >= 15 is 0 Å². The van der Waals surface area contributed by atoms with Gasteiger partial charge in [-0.3, -0.25) is 9.69 Å². The Kier molecular flexibility index (Phi) is 6.19. The normalized spacial score (nSPS) is 14.9. The van der Waals surface area contributed by atoms with Crippen LogP contribution in [0.1, 0.15) is 29.4 Å². The highest BCUT2D eigenvalue weighted by Crippen LogP contribution is 2.26. The monoisotopic (exact) mass is 493 g/mol. The zero-order valence-corrected chi connectivity index (χ0v) is 19.8. The predicted molar refractivity (Wildman–Crippen MR) is 128 cm³/mol. The van der Waals surface area contributed by atoms with Gasteiger partial charge in [0.2, 0.25) is 0 Å². The number of imide groups is 1. The molecule has 0 aliphatic carbocycles. The van der Waals surface area contributed by atoms with E-state index in [0.717, 1.165) is 38.4 Å². The average molecular weight is 494 g/mol. The largest absolute Gasteiger partial charge is 0.494 e. The van der Waals surface area contributed by atoms with Crippen molar-refractivity contribution in [1.29, 1.82) is 0 Å². The second-order valence-electron chi connectivity index (χ2n) is 7.59. The summed E-state index contributed by atoms with van der Waals surface area (Å²) in [6, 6.07) is 17.0. The zero-order chi connectivity index (χ0) is 22.8. The molecule has 0 bridgehead atoms. The van der Waals surface area contributed by atoms with Gasteiger partial charge < -0.3 is 14.6 Å². The Labute approximate surface area is 195 Å². The molecule has 1 aromatic heterocycles. The Hall–Kier alpha value is -3.32. The fourth-order valence-corrected chi connectivity index (χ4v) is 4.10. The predicted octanol–water partition coefficient (Wildman–Crippen LogP) is 5.35. The molecule has 0 unspecified atom stereocenters. The van der Waals surface area contributed by atoms with E-state index in [0.29, 0.717) is 6.61 Å². The highest BCUT2D eigenvalue weighted by Gasteiger charge is 2.33. The summed E-state index contributed by atoms with van der Waals surface area (Å²) >= 11 is 3.39. The lowest BCUT2D eigenvalue weighted by Gasteiger charge is -2.11. The molecular formula is C25H24BrN3O3. The number of nitrogens with zero attached hydrogens (tertiary/aromatic N) is 2. The minimum atomic E-state index is -0.413. The fourth-order valence-electron chi connectivity index (χ4n) is 3.83. The van der Waals surface area contributed by atoms with Crippen molar-refractivity contribution in [2.45, 2.75) is 27.3 Å². The van der Waals surface area contributed by atoms with Crippen LogP contribution in [-0.4, -0.2) is 28.0 Å². The van der Waals surface area contributed by atoms with Crippen LogP contribution in [0.4, 0.5) is 4.79 Å². The Morgan fingerprint density at radius 2 is 1.72 bits per heavy atom. The van der Waals surface area contributed by atoms with Gasteiger partial charge >= 0.3 is 6.03 Å². The molecule has 0 atom stereocenters. The Balaban J connectivity index is 1.58. The van der Waals surface area contributed by atoms with Crippen molar-refractivity contribution in [2.24, 2.45) is 0 Å². The van der Waals surface area contributed by atoms with E-state index in [1.807, 2.05) is 75.4 Å². The molecule has 32 heavy (non-hydrogen) atoms. The average Bonchev–Trinajstić information content (AvgIpc) is 3.20. The number of benzene rings is 2. The summed E-state index contributed by atoms with van der Waals surface area (Å²) in [5, 5.41) is 2.71. The second-order valence-corrected chi connectivity index (χ2v) is 8.51. The van der Waals surface area contributed by atoms with Crippen LogP contribution < -0.4 is 10.1 Å². The Morgan fingerprint density at radius 1 is 1.03 bits per heavy atom. The highest BCUT2D eigenvalue weighted by molar-refractivity contribution is 9.10. The second kappa shape index (κ2) is 9.04. The standard InChI is InChI=1S/C25H24BrN3O3/c1-4-32-22-11-9-21(10-12-22)29-16(2)13-19(17(29)3)14-23-24(30)28(25(31)27-23)15-18-5-7-20(26)8-6-18/h5-14H,4,15H2,1-3H3,(H,27,31)/b23-14+. The molecule has 3 aromatic rings. The van der Waals surface area contributed by atoms with Crippen molar-refractivity contribution in [3.8, 4) is 11.4 Å². The van der Waals surface area contributed by atoms with Gasteiger partial charge in [-0.2, -0.15) is 0 Å². The summed E-state index contributed by atoms with van der Waals surface area (Å²) in [4.78, 5) is 26.6. The number of ether oxygens (including phenoxy) is 1. The van der Waals surface area contributed by atoms with Crippen LogP contribution in [-0.2, 0) is 11.3 Å². The highest BCUT2D eigenvalue weighted by atomic mass is 79.9. The molecular weight excluding hydrogens is 470 g/mol. The Morgan fingerprint density at radius 3 is 2.38 bits per heavy atom. The molecule has 4 rings (SSSR count). The summed E-state index contributed by atoms with van der Waals surface area (Å²) in [6.07, 6.45) is 1.75. The number of amides is 3. The lowest BCUT2D eigenvalue weighted by Crippen LogP contribution is -2.30. The molecule has 0 radical (unpaired) electrons. The maximum Gasteiger partial charge on any atom is 0.329 e. The summed E-state index contributed by atoms with van der Waals surface area (Å²) in [5.41, 5.74) is 5.05. The topological polar surface area (TPSA) is 63.6 Å². The van der Waals surface area contributed by atoms with E-state index in [4.69, 9.17) is 4.74 Å². The van der Waals surface area contributed by atoms with Crippen molar-refractivity contribution in [3.63, 3.8) is 0 Å². The van der Waals surface area contributed by atoms with E-state index in [1.165, 1.54) is 4.90 Å². The number of carbonyl (C=O) groups excluding carboxylic acids is 2. The van der Waals surface area contributed by atoms with Gasteiger partial charge in [0.25, 0.3) is 5.91 Å². The third kappa shape index (κ3) is 4.34. The van der Waals surface area contributed by atoms with Gasteiger partial charge in [-0.1, -0.05) is 28.1 Å². The van der Waals surface area contributed by atoms with Gasteiger partial charge in [-0.25, -0.2) is 4.79 Å². The molecule has 164 valence electrons. The molecule has 7 heteroatoms. The van der Waals surface area contributed by atoms with Gasteiger partial charge in [0.05, 0.1) is 13.2 Å². The minimum Gasteiger partial charge on any atom is -0.494 e. The number of rotatable bonds is 6. The van der Waals surface area contributed by atoms with Gasteiger partial charge in [-0.05, 0) is 80.4 Å². The number of hydrogen-bond donors (Lipinski definition) is 1. The molecule has 2 aromatic carbocycles. The van der Waals surface area contributed by atoms with Crippen LogP contribution in [0.25, 0.3) is 11.8 Å². The summed E-state index contributed by atoms with van der Waals surface area (Å²) in [7, 11) is 0. The van der Waals surface area contributed by atoms with E-state index < -0.39 is 6.03 Å². The first-order chi connectivity index (χ1) is 15.4. The molecule has 1 N–H and O–H groups in total. The SMILES string of the molecule is CCOc1ccc(-n2c(C)cc(/C=C3/NC(=O)N(Cc4ccc(Br)cc4)C3=O)c2C)cc1. The summed E-state index contributed by atoms with van der Waals surface area (Å²) in [6.45, 7) is 6.81. The number of nitrogens with one attached hydrogen (secondary N) is 1. The number of aromatic nitrogens is 1. The maximum atomic E-state index is 12.9. The van der Waals surface area contributed by atoms with Crippen LogP contribution in [0.5, 0.6) is 5.75 Å². The number of urea groups is 1. The third-order valence-corrected chi connectivity index (χ3v) is 5.92. The van der Waals surface area contributed by atoms with Crippen molar-refractivity contribution in [2.75, 3.05) is 6.61 Å². The molecule has 2 heterocycles. The molecule has 1 aliphatic rings. The lowest BCUT2D eigenvalue weighted by atomic mass is 10.2. The molecule has 6 nitrogen and oxygen atoms in total. The first-order valence-electron chi connectivity index (χ1n) is 10.4. The number of halogens is 1. The molecule has 0 saturated carbocycles. The van der Waals surface area contributed by atoms with Crippen LogP contribution in [0.3, 0.4) is 0 Å². The lowest BCUT2D eigenvalue weighted by molar-refractivity contribution is -0.123.